The van der Waals surface area contributed by atoms with Gasteiger partial charge in [-0.1, -0.05) is 30.3 Å². The smallest absolute Gasteiger partial charge is 0.339 e. The van der Waals surface area contributed by atoms with Crippen molar-refractivity contribution in [2.45, 2.75) is 11.0 Å². The third-order valence-electron chi connectivity index (χ3n) is 3.20. The van der Waals surface area contributed by atoms with Gasteiger partial charge in [-0.05, 0) is 18.4 Å². The summed E-state index contributed by atoms with van der Waals surface area (Å²) in [6.07, 6.45) is 0.428. The van der Waals surface area contributed by atoms with Crippen LogP contribution >= 0.6 is 11.8 Å². The van der Waals surface area contributed by atoms with E-state index in [0.717, 1.165) is 6.07 Å². The van der Waals surface area contributed by atoms with Crippen LogP contribution in [-0.2, 0) is 9.53 Å². The van der Waals surface area contributed by atoms with E-state index < -0.39 is 22.9 Å². The number of thioether (sulfide) groups is 1. The van der Waals surface area contributed by atoms with E-state index in [4.69, 9.17) is 10.5 Å². The van der Waals surface area contributed by atoms with Gasteiger partial charge in [0, 0.05) is 11.6 Å². The number of nitrogens with zero attached hydrogens (tertiary/aromatic N) is 1. The molecule has 2 aromatic rings. The van der Waals surface area contributed by atoms with Crippen LogP contribution in [0.4, 0.5) is 5.69 Å². The van der Waals surface area contributed by atoms with Crippen LogP contribution in [-0.4, -0.2) is 23.1 Å². The number of benzene rings is 2. The molecule has 0 aliphatic carbocycles. The molecule has 8 heteroatoms. The Hall–Kier alpha value is -2.87. The minimum Gasteiger partial charge on any atom is -0.444 e. The number of primary amides is 1. The summed E-state index contributed by atoms with van der Waals surface area (Å²) in [7, 11) is 0. The molecule has 0 aliphatic rings. The third-order valence-corrected chi connectivity index (χ3v) is 3.98. The molecular weight excluding hydrogens is 332 g/mol. The van der Waals surface area contributed by atoms with Crippen LogP contribution < -0.4 is 5.73 Å². The number of rotatable bonds is 6. The Kier molecular flexibility index (Phi) is 5.54. The maximum absolute atomic E-state index is 12.2. The number of nitro benzene ring substituents is 1. The number of ether oxygens (including phenoxy) is 1. The van der Waals surface area contributed by atoms with E-state index in [-0.39, 0.29) is 11.3 Å². The van der Waals surface area contributed by atoms with Crippen LogP contribution in [0.2, 0.25) is 0 Å². The number of carbonyl (C=O) groups is 2. The van der Waals surface area contributed by atoms with Gasteiger partial charge in [0.1, 0.15) is 0 Å². The second-order valence-corrected chi connectivity index (χ2v) is 5.59. The molecule has 1 unspecified atom stereocenters. The summed E-state index contributed by atoms with van der Waals surface area (Å²) in [5.41, 5.74) is 5.49. The van der Waals surface area contributed by atoms with Gasteiger partial charge in [0.05, 0.1) is 15.4 Å². The molecule has 0 spiro atoms. The predicted octanol–water partition coefficient (Wildman–Crippen LogP) is 2.70. The first-order valence-electron chi connectivity index (χ1n) is 6.81. The molecule has 0 saturated carbocycles. The Balaban J connectivity index is 2.29. The summed E-state index contributed by atoms with van der Waals surface area (Å²) in [5.74, 6) is -1.69. The van der Waals surface area contributed by atoms with Crippen molar-refractivity contribution in [3.8, 4) is 0 Å². The summed E-state index contributed by atoms with van der Waals surface area (Å²) in [6, 6.07) is 12.3. The molecule has 0 heterocycles. The maximum atomic E-state index is 12.2. The fraction of sp³-hybridized carbons (Fsp3) is 0.125. The van der Waals surface area contributed by atoms with Crippen LogP contribution in [0.1, 0.15) is 22.0 Å². The fourth-order valence-corrected chi connectivity index (χ4v) is 2.60. The van der Waals surface area contributed by atoms with Crippen molar-refractivity contribution >= 4 is 29.3 Å². The molecule has 0 bridgehead atoms. The van der Waals surface area contributed by atoms with Gasteiger partial charge < -0.3 is 10.5 Å². The van der Waals surface area contributed by atoms with E-state index >= 15 is 0 Å². The lowest BCUT2D eigenvalue weighted by Crippen LogP contribution is -2.26. The van der Waals surface area contributed by atoms with Crippen molar-refractivity contribution < 1.29 is 19.2 Å². The number of nitro groups is 1. The van der Waals surface area contributed by atoms with Gasteiger partial charge >= 0.3 is 5.97 Å². The normalized spacial score (nSPS) is 11.5. The summed E-state index contributed by atoms with van der Waals surface area (Å²) in [4.78, 5) is 34.7. The highest BCUT2D eigenvalue weighted by Crippen LogP contribution is 2.29. The lowest BCUT2D eigenvalue weighted by molar-refractivity contribution is -0.387. The predicted molar refractivity (Wildman–Crippen MR) is 88.7 cm³/mol. The number of amides is 1. The first-order chi connectivity index (χ1) is 11.4. The van der Waals surface area contributed by atoms with Crippen molar-refractivity contribution in [1.29, 1.82) is 0 Å². The van der Waals surface area contributed by atoms with Crippen LogP contribution in [0, 0.1) is 10.1 Å². The molecule has 0 radical (unpaired) electrons. The minimum absolute atomic E-state index is 0.0262. The Morgan fingerprint density at radius 3 is 2.42 bits per heavy atom. The molecule has 1 amide bonds. The quantitative estimate of drug-likeness (QED) is 0.372. The van der Waals surface area contributed by atoms with Crippen molar-refractivity contribution in [2.75, 3.05) is 6.26 Å². The van der Waals surface area contributed by atoms with Crippen molar-refractivity contribution in [3.63, 3.8) is 0 Å². The highest BCUT2D eigenvalue weighted by molar-refractivity contribution is 7.98. The SMILES string of the molecule is CSc1ccc(C(=O)OC(C(N)=O)c2ccccc2)cc1[N+](=O)[O-]. The average molecular weight is 346 g/mol. The van der Waals surface area contributed by atoms with E-state index in [2.05, 4.69) is 0 Å². The summed E-state index contributed by atoms with van der Waals surface area (Å²) in [5, 5.41) is 11.1. The van der Waals surface area contributed by atoms with E-state index in [1.807, 2.05) is 0 Å². The molecule has 2 N–H and O–H groups in total. The van der Waals surface area contributed by atoms with Gasteiger partial charge in [0.15, 0.2) is 0 Å². The molecule has 124 valence electrons. The second-order valence-electron chi connectivity index (χ2n) is 4.74. The Labute approximate surface area is 142 Å². The van der Waals surface area contributed by atoms with Crippen LogP contribution in [0.25, 0.3) is 0 Å². The number of hydrogen-bond donors (Lipinski definition) is 1. The largest absolute Gasteiger partial charge is 0.444 e. The Bertz CT molecular complexity index is 779. The number of esters is 1. The number of carbonyl (C=O) groups excluding carboxylic acids is 2. The average Bonchev–Trinajstić information content (AvgIpc) is 2.59. The highest BCUT2D eigenvalue weighted by Gasteiger charge is 2.25. The minimum atomic E-state index is -1.27. The summed E-state index contributed by atoms with van der Waals surface area (Å²) >= 11 is 1.19. The van der Waals surface area contributed by atoms with Gasteiger partial charge in [-0.25, -0.2) is 4.79 Å². The highest BCUT2D eigenvalue weighted by atomic mass is 32.2. The fourth-order valence-electron chi connectivity index (χ4n) is 2.05. The van der Waals surface area contributed by atoms with Gasteiger partial charge in [-0.2, -0.15) is 0 Å². The van der Waals surface area contributed by atoms with Crippen LogP contribution in [0.15, 0.2) is 53.4 Å². The zero-order chi connectivity index (χ0) is 17.7. The van der Waals surface area contributed by atoms with Crippen LogP contribution in [0.3, 0.4) is 0 Å². The second kappa shape index (κ2) is 7.60. The maximum Gasteiger partial charge on any atom is 0.339 e. The van der Waals surface area contributed by atoms with Gasteiger partial charge in [0.25, 0.3) is 11.6 Å². The monoisotopic (exact) mass is 346 g/mol. The molecule has 0 aliphatic heterocycles. The lowest BCUT2D eigenvalue weighted by atomic mass is 10.1. The molecule has 1 atom stereocenters. The van der Waals surface area contributed by atoms with Crippen molar-refractivity contribution in [3.05, 3.63) is 69.8 Å². The molecule has 7 nitrogen and oxygen atoms in total. The zero-order valence-corrected chi connectivity index (χ0v) is 13.5. The molecule has 2 rings (SSSR count). The van der Waals surface area contributed by atoms with Crippen molar-refractivity contribution in [2.24, 2.45) is 5.73 Å². The third kappa shape index (κ3) is 3.90. The lowest BCUT2D eigenvalue weighted by Gasteiger charge is -2.15. The Morgan fingerprint density at radius 1 is 1.21 bits per heavy atom. The van der Waals surface area contributed by atoms with E-state index in [0.29, 0.717) is 10.5 Å². The van der Waals surface area contributed by atoms with Gasteiger partial charge in [-0.15, -0.1) is 11.8 Å². The van der Waals surface area contributed by atoms with Gasteiger partial charge in [-0.3, -0.25) is 14.9 Å². The van der Waals surface area contributed by atoms with E-state index in [1.54, 1.807) is 36.6 Å². The number of hydrogen-bond acceptors (Lipinski definition) is 6. The topological polar surface area (TPSA) is 113 Å². The molecule has 2 aromatic carbocycles. The first-order valence-corrected chi connectivity index (χ1v) is 8.04. The first kappa shape index (κ1) is 17.5. The van der Waals surface area contributed by atoms with E-state index in [1.165, 1.54) is 23.9 Å². The molecular formula is C16H14N2O5S. The van der Waals surface area contributed by atoms with E-state index in [9.17, 15) is 19.7 Å². The van der Waals surface area contributed by atoms with Crippen molar-refractivity contribution in [1.82, 2.24) is 0 Å². The standard InChI is InChI=1S/C16H14N2O5S/c1-24-13-8-7-11(9-12(13)18(21)22)16(20)23-14(15(17)19)10-5-3-2-4-6-10/h2-9,14H,1H3,(H2,17,19). The van der Waals surface area contributed by atoms with Crippen LogP contribution in [0.5, 0.6) is 0 Å². The number of nitrogens with two attached hydrogens (primary N) is 1. The Morgan fingerprint density at radius 2 is 1.88 bits per heavy atom. The summed E-state index contributed by atoms with van der Waals surface area (Å²) < 4.78 is 5.15. The summed E-state index contributed by atoms with van der Waals surface area (Å²) in [6.45, 7) is 0. The molecule has 24 heavy (non-hydrogen) atoms. The molecule has 0 fully saturated rings. The van der Waals surface area contributed by atoms with Gasteiger partial charge in [0.2, 0.25) is 6.10 Å². The molecule has 0 saturated heterocycles. The molecule has 0 aromatic heterocycles. The zero-order valence-electron chi connectivity index (χ0n) is 12.7.